The quantitative estimate of drug-likeness (QED) is 0.553. The number of alkyl halides is 1. The van der Waals surface area contributed by atoms with Crippen LogP contribution >= 0.6 is 11.6 Å². The second kappa shape index (κ2) is 6.62. The molecule has 0 N–H and O–H groups in total. The molecule has 0 aliphatic rings. The molecule has 3 nitrogen and oxygen atoms in total. The van der Waals surface area contributed by atoms with E-state index in [1.807, 2.05) is 7.05 Å². The summed E-state index contributed by atoms with van der Waals surface area (Å²) in [6.45, 7) is 3.22. The van der Waals surface area contributed by atoms with Crippen LogP contribution in [-0.4, -0.2) is 23.6 Å². The van der Waals surface area contributed by atoms with Crippen molar-refractivity contribution in [1.82, 2.24) is 9.97 Å². The molecule has 0 aromatic carbocycles. The lowest BCUT2D eigenvalue weighted by molar-refractivity contribution is 0.700. The van der Waals surface area contributed by atoms with Crippen LogP contribution in [0.5, 0.6) is 0 Å². The molecule has 0 unspecified atom stereocenters. The largest absolute Gasteiger partial charge is 0.358 e. The highest BCUT2D eigenvalue weighted by molar-refractivity contribution is 6.16. The molecule has 1 aromatic rings. The van der Waals surface area contributed by atoms with Crippen LogP contribution in [0, 0.1) is 0 Å². The number of hydrogen-bond donors (Lipinski definition) is 0. The first-order valence-corrected chi connectivity index (χ1v) is 5.89. The van der Waals surface area contributed by atoms with Gasteiger partial charge in [-0.05, 0) is 6.42 Å². The Hall–Kier alpha value is -0.830. The van der Waals surface area contributed by atoms with E-state index in [-0.39, 0.29) is 0 Å². The average Bonchev–Trinajstić information content (AvgIpc) is 2.29. The molecule has 1 rings (SSSR count). The van der Waals surface area contributed by atoms with Crippen LogP contribution in [-0.2, 0) is 5.88 Å². The van der Waals surface area contributed by atoms with Crippen molar-refractivity contribution < 1.29 is 0 Å². The standard InChI is InChI=1S/C11H18ClN3/c1-3-4-5-6-15(2)11-9-13-8-10(7-12)14-11/h8-9H,3-7H2,1-2H3. The maximum Gasteiger partial charge on any atom is 0.147 e. The van der Waals surface area contributed by atoms with Gasteiger partial charge in [0.2, 0.25) is 0 Å². The summed E-state index contributed by atoms with van der Waals surface area (Å²) in [4.78, 5) is 10.6. The zero-order valence-electron chi connectivity index (χ0n) is 9.41. The summed E-state index contributed by atoms with van der Waals surface area (Å²) in [5.41, 5.74) is 0.830. The molecule has 0 bridgehead atoms. The van der Waals surface area contributed by atoms with Crippen molar-refractivity contribution in [2.45, 2.75) is 32.1 Å². The van der Waals surface area contributed by atoms with Crippen molar-refractivity contribution in [2.75, 3.05) is 18.5 Å². The number of anilines is 1. The van der Waals surface area contributed by atoms with E-state index in [0.717, 1.165) is 18.1 Å². The molecule has 0 saturated carbocycles. The predicted octanol–water partition coefficient (Wildman–Crippen LogP) is 2.84. The molecule has 0 spiro atoms. The van der Waals surface area contributed by atoms with Crippen molar-refractivity contribution in [2.24, 2.45) is 0 Å². The fraction of sp³-hybridized carbons (Fsp3) is 0.636. The van der Waals surface area contributed by atoms with Crippen LogP contribution < -0.4 is 4.90 Å². The minimum Gasteiger partial charge on any atom is -0.358 e. The molecular formula is C11H18ClN3. The maximum atomic E-state index is 5.71. The molecule has 0 saturated heterocycles. The van der Waals surface area contributed by atoms with E-state index in [4.69, 9.17) is 11.6 Å². The van der Waals surface area contributed by atoms with Crippen molar-refractivity contribution in [3.8, 4) is 0 Å². The van der Waals surface area contributed by atoms with Gasteiger partial charge in [-0.1, -0.05) is 19.8 Å². The molecule has 15 heavy (non-hydrogen) atoms. The second-order valence-corrected chi connectivity index (χ2v) is 3.90. The molecule has 1 aromatic heterocycles. The zero-order chi connectivity index (χ0) is 11.1. The summed E-state index contributed by atoms with van der Waals surface area (Å²) in [6.07, 6.45) is 7.17. The van der Waals surface area contributed by atoms with Gasteiger partial charge >= 0.3 is 0 Å². The minimum atomic E-state index is 0.420. The van der Waals surface area contributed by atoms with Gasteiger partial charge in [0, 0.05) is 19.8 Å². The predicted molar refractivity (Wildman–Crippen MR) is 64.4 cm³/mol. The normalized spacial score (nSPS) is 10.3. The summed E-state index contributed by atoms with van der Waals surface area (Å²) in [5.74, 6) is 1.33. The highest BCUT2D eigenvalue weighted by atomic mass is 35.5. The Bertz CT molecular complexity index is 291. The number of halogens is 1. The molecule has 0 aliphatic carbocycles. The third-order valence-electron chi connectivity index (χ3n) is 2.30. The van der Waals surface area contributed by atoms with Gasteiger partial charge < -0.3 is 4.90 Å². The van der Waals surface area contributed by atoms with E-state index in [2.05, 4.69) is 21.8 Å². The molecule has 1 heterocycles. The lowest BCUT2D eigenvalue weighted by atomic mass is 10.2. The van der Waals surface area contributed by atoms with Crippen LogP contribution in [0.1, 0.15) is 31.9 Å². The summed E-state index contributed by atoms with van der Waals surface area (Å²) >= 11 is 5.71. The SMILES string of the molecule is CCCCCN(C)c1cncc(CCl)n1. The minimum absolute atomic E-state index is 0.420. The number of unbranched alkanes of at least 4 members (excludes halogenated alkanes) is 2. The first-order valence-electron chi connectivity index (χ1n) is 5.36. The Labute approximate surface area is 96.5 Å². The lowest BCUT2D eigenvalue weighted by Gasteiger charge is -2.17. The molecule has 0 aliphatic heterocycles. The van der Waals surface area contributed by atoms with Gasteiger partial charge in [-0.3, -0.25) is 4.98 Å². The summed E-state index contributed by atoms with van der Waals surface area (Å²) in [5, 5.41) is 0. The maximum absolute atomic E-state index is 5.71. The average molecular weight is 228 g/mol. The van der Waals surface area contributed by atoms with Gasteiger partial charge in [0.05, 0.1) is 17.8 Å². The Morgan fingerprint density at radius 1 is 1.33 bits per heavy atom. The van der Waals surface area contributed by atoms with Gasteiger partial charge in [-0.15, -0.1) is 11.6 Å². The molecule has 84 valence electrons. The first-order chi connectivity index (χ1) is 7.27. The van der Waals surface area contributed by atoms with Gasteiger partial charge in [-0.25, -0.2) is 4.98 Å². The van der Waals surface area contributed by atoms with E-state index >= 15 is 0 Å². The number of hydrogen-bond acceptors (Lipinski definition) is 3. The van der Waals surface area contributed by atoms with Gasteiger partial charge in [-0.2, -0.15) is 0 Å². The fourth-order valence-electron chi connectivity index (χ4n) is 1.36. The first kappa shape index (κ1) is 12.2. The smallest absolute Gasteiger partial charge is 0.147 e. The highest BCUT2D eigenvalue weighted by Crippen LogP contribution is 2.10. The molecule has 0 fully saturated rings. The third-order valence-corrected chi connectivity index (χ3v) is 2.57. The van der Waals surface area contributed by atoms with Crippen molar-refractivity contribution in [3.05, 3.63) is 18.1 Å². The summed E-state index contributed by atoms with van der Waals surface area (Å²) in [7, 11) is 2.04. The Morgan fingerprint density at radius 2 is 2.13 bits per heavy atom. The Kier molecular flexibility index (Phi) is 5.40. The van der Waals surface area contributed by atoms with Crippen molar-refractivity contribution in [1.29, 1.82) is 0 Å². The fourth-order valence-corrected chi connectivity index (χ4v) is 1.49. The zero-order valence-corrected chi connectivity index (χ0v) is 10.2. The third kappa shape index (κ3) is 4.04. The van der Waals surface area contributed by atoms with Crippen LogP contribution in [0.4, 0.5) is 5.82 Å². The van der Waals surface area contributed by atoms with Crippen LogP contribution in [0.15, 0.2) is 12.4 Å². The molecule has 0 radical (unpaired) electrons. The topological polar surface area (TPSA) is 29.0 Å². The molecule has 4 heteroatoms. The Morgan fingerprint density at radius 3 is 2.80 bits per heavy atom. The van der Waals surface area contributed by atoms with E-state index in [1.165, 1.54) is 19.3 Å². The van der Waals surface area contributed by atoms with Crippen LogP contribution in [0.2, 0.25) is 0 Å². The van der Waals surface area contributed by atoms with Gasteiger partial charge in [0.1, 0.15) is 5.82 Å². The summed E-state index contributed by atoms with van der Waals surface area (Å²) in [6, 6.07) is 0. The molecule has 0 atom stereocenters. The van der Waals surface area contributed by atoms with E-state index in [9.17, 15) is 0 Å². The van der Waals surface area contributed by atoms with Gasteiger partial charge in [0.25, 0.3) is 0 Å². The monoisotopic (exact) mass is 227 g/mol. The Balaban J connectivity index is 2.52. The van der Waals surface area contributed by atoms with Crippen molar-refractivity contribution in [3.63, 3.8) is 0 Å². The van der Waals surface area contributed by atoms with Crippen LogP contribution in [0.3, 0.4) is 0 Å². The van der Waals surface area contributed by atoms with Gasteiger partial charge in [0.15, 0.2) is 0 Å². The van der Waals surface area contributed by atoms with Crippen LogP contribution in [0.25, 0.3) is 0 Å². The number of nitrogens with zero attached hydrogens (tertiary/aromatic N) is 3. The van der Waals surface area contributed by atoms with E-state index in [1.54, 1.807) is 12.4 Å². The van der Waals surface area contributed by atoms with E-state index < -0.39 is 0 Å². The molecular weight excluding hydrogens is 210 g/mol. The summed E-state index contributed by atoms with van der Waals surface area (Å²) < 4.78 is 0. The van der Waals surface area contributed by atoms with Crippen molar-refractivity contribution >= 4 is 17.4 Å². The number of rotatable bonds is 6. The highest BCUT2D eigenvalue weighted by Gasteiger charge is 2.03. The second-order valence-electron chi connectivity index (χ2n) is 3.63. The van der Waals surface area contributed by atoms with E-state index in [0.29, 0.717) is 5.88 Å². The lowest BCUT2D eigenvalue weighted by Crippen LogP contribution is -2.20. The molecule has 0 amide bonds. The number of aromatic nitrogens is 2.